The molecule has 7 nitrogen and oxygen atoms in total. The van der Waals surface area contributed by atoms with Crippen molar-refractivity contribution in [3.05, 3.63) is 72.0 Å². The highest BCUT2D eigenvalue weighted by Crippen LogP contribution is 2.29. The van der Waals surface area contributed by atoms with Crippen LogP contribution in [0.25, 0.3) is 27.9 Å². The van der Waals surface area contributed by atoms with Crippen LogP contribution in [0.1, 0.15) is 18.8 Å². The number of halogens is 1. The van der Waals surface area contributed by atoms with E-state index in [-0.39, 0.29) is 6.04 Å². The van der Waals surface area contributed by atoms with E-state index in [1.165, 1.54) is 6.33 Å². The van der Waals surface area contributed by atoms with Crippen LogP contribution >= 0.6 is 11.6 Å². The number of nitrogens with one attached hydrogen (secondary N) is 2. The summed E-state index contributed by atoms with van der Waals surface area (Å²) < 4.78 is 2.12. The van der Waals surface area contributed by atoms with Crippen LogP contribution < -0.4 is 5.32 Å². The van der Waals surface area contributed by atoms with Gasteiger partial charge in [-0.1, -0.05) is 29.8 Å². The summed E-state index contributed by atoms with van der Waals surface area (Å²) >= 11 is 6.26. The smallest absolute Gasteiger partial charge is 0.182 e. The van der Waals surface area contributed by atoms with E-state index in [1.54, 1.807) is 6.33 Å². The third kappa shape index (κ3) is 2.76. The van der Waals surface area contributed by atoms with Gasteiger partial charge in [0.1, 0.15) is 17.7 Å². The van der Waals surface area contributed by atoms with E-state index in [0.29, 0.717) is 16.5 Å². The van der Waals surface area contributed by atoms with Gasteiger partial charge < -0.3 is 10.3 Å². The van der Waals surface area contributed by atoms with Crippen molar-refractivity contribution >= 4 is 39.6 Å². The van der Waals surface area contributed by atoms with Crippen molar-refractivity contribution in [2.75, 3.05) is 5.32 Å². The molecule has 8 heteroatoms. The summed E-state index contributed by atoms with van der Waals surface area (Å²) in [4.78, 5) is 20.7. The lowest BCUT2D eigenvalue weighted by atomic mass is 10.2. The molecule has 2 N–H and O–H groups in total. The Hall–Kier alpha value is -3.45. The van der Waals surface area contributed by atoms with Gasteiger partial charge in [0, 0.05) is 10.7 Å². The number of benzene rings is 2. The second-order valence-electron chi connectivity index (χ2n) is 6.46. The number of fused-ring (bicyclic) bond motifs is 2. The maximum absolute atomic E-state index is 6.26. The summed E-state index contributed by atoms with van der Waals surface area (Å²) in [6.07, 6.45) is 3.11. The molecule has 0 spiro atoms. The second-order valence-corrected chi connectivity index (χ2v) is 6.90. The Labute approximate surface area is 165 Å². The highest BCUT2D eigenvalue weighted by Gasteiger charge is 2.19. The van der Waals surface area contributed by atoms with Crippen molar-refractivity contribution in [3.63, 3.8) is 0 Å². The number of aromatic amines is 1. The molecular formula is C20H16ClN7. The number of H-pyrrole nitrogens is 1. The fourth-order valence-electron chi connectivity index (χ4n) is 3.35. The topological polar surface area (TPSA) is 84.3 Å². The van der Waals surface area contributed by atoms with Gasteiger partial charge in [0.2, 0.25) is 0 Å². The molecular weight excluding hydrogens is 374 g/mol. The van der Waals surface area contributed by atoms with E-state index in [2.05, 4.69) is 42.0 Å². The van der Waals surface area contributed by atoms with Gasteiger partial charge in [-0.15, -0.1) is 0 Å². The Kier molecular flexibility index (Phi) is 3.95. The molecule has 3 aromatic heterocycles. The van der Waals surface area contributed by atoms with Gasteiger partial charge >= 0.3 is 0 Å². The molecule has 28 heavy (non-hydrogen) atoms. The number of rotatable bonds is 4. The van der Waals surface area contributed by atoms with E-state index < -0.39 is 0 Å². The summed E-state index contributed by atoms with van der Waals surface area (Å²) in [6.45, 7) is 2.05. The maximum Gasteiger partial charge on any atom is 0.182 e. The Balaban J connectivity index is 1.64. The summed E-state index contributed by atoms with van der Waals surface area (Å²) in [6, 6.07) is 15.7. The van der Waals surface area contributed by atoms with Crippen molar-refractivity contribution in [1.29, 1.82) is 0 Å². The van der Waals surface area contributed by atoms with Gasteiger partial charge in [0.25, 0.3) is 0 Å². The number of hydrogen-bond acceptors (Lipinski definition) is 5. The minimum Gasteiger partial charge on any atom is -0.358 e. The number of aromatic nitrogens is 6. The fraction of sp³-hybridized carbons (Fsp3) is 0.100. The Morgan fingerprint density at radius 3 is 2.79 bits per heavy atom. The quantitative estimate of drug-likeness (QED) is 0.472. The minimum atomic E-state index is -0.132. The van der Waals surface area contributed by atoms with Gasteiger partial charge in [0.15, 0.2) is 11.5 Å². The predicted molar refractivity (Wildman–Crippen MR) is 110 cm³/mol. The van der Waals surface area contributed by atoms with Crippen LogP contribution in [0, 0.1) is 0 Å². The first-order valence-corrected chi connectivity index (χ1v) is 9.22. The lowest BCUT2D eigenvalue weighted by molar-refractivity contribution is 0.769. The van der Waals surface area contributed by atoms with Crippen molar-refractivity contribution in [2.45, 2.75) is 13.0 Å². The third-order valence-corrected chi connectivity index (χ3v) is 4.86. The van der Waals surface area contributed by atoms with Gasteiger partial charge in [-0.3, -0.25) is 4.57 Å². The molecule has 3 heterocycles. The van der Waals surface area contributed by atoms with Crippen LogP contribution in [-0.2, 0) is 0 Å². The SMILES string of the molecule is C[C@H](Nc1ncnc2nc[nH]c12)c1nc2ccc(Cl)cc2n1-c1ccccc1. The molecule has 0 aliphatic carbocycles. The van der Waals surface area contributed by atoms with Crippen molar-refractivity contribution in [2.24, 2.45) is 0 Å². The summed E-state index contributed by atoms with van der Waals surface area (Å²) in [5, 5.41) is 4.11. The second kappa shape index (κ2) is 6.61. The van der Waals surface area contributed by atoms with Crippen LogP contribution in [0.4, 0.5) is 5.82 Å². The van der Waals surface area contributed by atoms with Crippen LogP contribution in [0.2, 0.25) is 5.02 Å². The number of para-hydroxylation sites is 1. The lowest BCUT2D eigenvalue weighted by Gasteiger charge is -2.17. The molecule has 2 aromatic carbocycles. The van der Waals surface area contributed by atoms with E-state index in [4.69, 9.17) is 16.6 Å². The summed E-state index contributed by atoms with van der Waals surface area (Å²) in [7, 11) is 0. The maximum atomic E-state index is 6.26. The first kappa shape index (κ1) is 16.7. The predicted octanol–water partition coefficient (Wildman–Crippen LogP) is 4.52. The zero-order valence-corrected chi connectivity index (χ0v) is 15.7. The van der Waals surface area contributed by atoms with Gasteiger partial charge in [-0.05, 0) is 37.3 Å². The van der Waals surface area contributed by atoms with E-state index in [1.807, 2.05) is 43.3 Å². The lowest BCUT2D eigenvalue weighted by Crippen LogP contribution is -2.14. The highest BCUT2D eigenvalue weighted by molar-refractivity contribution is 6.31. The number of imidazole rings is 2. The molecule has 0 aliphatic heterocycles. The van der Waals surface area contributed by atoms with E-state index in [0.717, 1.165) is 28.1 Å². The minimum absolute atomic E-state index is 0.132. The van der Waals surface area contributed by atoms with Crippen molar-refractivity contribution in [1.82, 2.24) is 29.5 Å². The normalized spacial score (nSPS) is 12.5. The average Bonchev–Trinajstić information content (AvgIpc) is 3.33. The largest absolute Gasteiger partial charge is 0.358 e. The standard InChI is InChI=1S/C20H16ClN7/c1-12(26-19-17-18(23-10-22-17)24-11-25-19)20-27-15-8-7-13(21)9-16(15)28(20)14-5-3-2-4-6-14/h2-12H,1H3,(H2,22,23,24,25,26)/t12-/m0/s1. The molecule has 138 valence electrons. The molecule has 5 rings (SSSR count). The first-order chi connectivity index (χ1) is 13.7. The highest BCUT2D eigenvalue weighted by atomic mass is 35.5. The fourth-order valence-corrected chi connectivity index (χ4v) is 3.52. The van der Waals surface area contributed by atoms with Crippen LogP contribution in [0.3, 0.4) is 0 Å². The molecule has 0 radical (unpaired) electrons. The first-order valence-electron chi connectivity index (χ1n) is 8.84. The van der Waals surface area contributed by atoms with E-state index in [9.17, 15) is 0 Å². The molecule has 0 aliphatic rings. The molecule has 0 bridgehead atoms. The van der Waals surface area contributed by atoms with Gasteiger partial charge in [-0.2, -0.15) is 0 Å². The molecule has 0 fully saturated rings. The number of nitrogens with zero attached hydrogens (tertiary/aromatic N) is 5. The molecule has 1 atom stereocenters. The zero-order chi connectivity index (χ0) is 19.1. The summed E-state index contributed by atoms with van der Waals surface area (Å²) in [5.41, 5.74) is 4.24. The molecule has 0 saturated heterocycles. The van der Waals surface area contributed by atoms with Gasteiger partial charge in [-0.25, -0.2) is 19.9 Å². The Morgan fingerprint density at radius 2 is 1.93 bits per heavy atom. The van der Waals surface area contributed by atoms with Crippen molar-refractivity contribution < 1.29 is 0 Å². The number of anilines is 1. The van der Waals surface area contributed by atoms with E-state index >= 15 is 0 Å². The van der Waals surface area contributed by atoms with Crippen molar-refractivity contribution in [3.8, 4) is 5.69 Å². The monoisotopic (exact) mass is 389 g/mol. The number of hydrogen-bond donors (Lipinski definition) is 2. The summed E-state index contributed by atoms with van der Waals surface area (Å²) in [5.74, 6) is 1.54. The third-order valence-electron chi connectivity index (χ3n) is 4.62. The van der Waals surface area contributed by atoms with Crippen LogP contribution in [-0.4, -0.2) is 29.5 Å². The molecule has 5 aromatic rings. The van der Waals surface area contributed by atoms with Crippen LogP contribution in [0.5, 0.6) is 0 Å². The van der Waals surface area contributed by atoms with Gasteiger partial charge in [0.05, 0.1) is 23.4 Å². The Morgan fingerprint density at radius 1 is 1.07 bits per heavy atom. The van der Waals surface area contributed by atoms with Crippen LogP contribution in [0.15, 0.2) is 61.2 Å². The Bertz CT molecular complexity index is 1280. The molecule has 0 saturated carbocycles. The molecule has 0 unspecified atom stereocenters. The zero-order valence-electron chi connectivity index (χ0n) is 15.0. The average molecular weight is 390 g/mol. The molecule has 0 amide bonds.